The molecule has 168 valence electrons. The molecule has 3 aromatic rings. The second-order valence-electron chi connectivity index (χ2n) is 7.45. The molecule has 1 aliphatic rings. The largest absolute Gasteiger partial charge is 0.490 e. The van der Waals surface area contributed by atoms with Crippen LogP contribution < -0.4 is 14.8 Å². The monoisotopic (exact) mass is 471 g/mol. The molecule has 0 fully saturated rings. The number of carbonyl (C=O) groups excluding carboxylic acids is 1. The van der Waals surface area contributed by atoms with Crippen LogP contribution in [0.3, 0.4) is 0 Å². The maximum atomic E-state index is 13.2. The molecule has 0 spiro atoms. The van der Waals surface area contributed by atoms with Gasteiger partial charge in [0.2, 0.25) is 15.7 Å². The van der Waals surface area contributed by atoms with Gasteiger partial charge < -0.3 is 14.8 Å². The van der Waals surface area contributed by atoms with Gasteiger partial charge in [0.05, 0.1) is 23.8 Å². The maximum Gasteiger partial charge on any atom is 0.225 e. The first-order valence-electron chi connectivity index (χ1n) is 10.6. The molecule has 0 aliphatic carbocycles. The summed E-state index contributed by atoms with van der Waals surface area (Å²) in [5, 5.41) is 4.42. The average Bonchev–Trinajstić information content (AvgIpc) is 3.23. The van der Waals surface area contributed by atoms with Crippen molar-refractivity contribution in [2.24, 2.45) is 0 Å². The van der Waals surface area contributed by atoms with E-state index < -0.39 is 9.84 Å². The zero-order chi connectivity index (χ0) is 22.7. The lowest BCUT2D eigenvalue weighted by molar-refractivity contribution is -0.116. The Morgan fingerprint density at radius 3 is 2.56 bits per heavy atom. The number of nitrogens with one attached hydrogen (secondary N) is 1. The third-order valence-electron chi connectivity index (χ3n) is 5.23. The van der Waals surface area contributed by atoms with Crippen LogP contribution in [0.5, 0.6) is 11.5 Å². The quantitative estimate of drug-likeness (QED) is 0.486. The average molecular weight is 472 g/mol. The number of thiophene rings is 1. The second kappa shape index (κ2) is 9.34. The third-order valence-corrected chi connectivity index (χ3v) is 8.27. The van der Waals surface area contributed by atoms with Gasteiger partial charge in [-0.15, -0.1) is 11.3 Å². The molecule has 1 amide bonds. The topological polar surface area (TPSA) is 81.7 Å². The summed E-state index contributed by atoms with van der Waals surface area (Å²) >= 11 is 1.35. The van der Waals surface area contributed by atoms with Gasteiger partial charge in [0, 0.05) is 22.6 Å². The highest BCUT2D eigenvalue weighted by Crippen LogP contribution is 2.47. The van der Waals surface area contributed by atoms with E-state index in [-0.39, 0.29) is 28.0 Å². The van der Waals surface area contributed by atoms with Crippen LogP contribution in [-0.4, -0.2) is 27.5 Å². The van der Waals surface area contributed by atoms with Crippen LogP contribution in [0.2, 0.25) is 0 Å². The smallest absolute Gasteiger partial charge is 0.225 e. The Morgan fingerprint density at radius 1 is 1.06 bits per heavy atom. The van der Waals surface area contributed by atoms with Crippen molar-refractivity contribution < 1.29 is 22.7 Å². The number of anilines is 1. The van der Waals surface area contributed by atoms with Gasteiger partial charge >= 0.3 is 0 Å². The van der Waals surface area contributed by atoms with Gasteiger partial charge in [-0.1, -0.05) is 31.2 Å². The van der Waals surface area contributed by atoms with Crippen molar-refractivity contribution in [3.05, 3.63) is 64.4 Å². The molecule has 1 atom stereocenters. The minimum atomic E-state index is -3.75. The van der Waals surface area contributed by atoms with Crippen LogP contribution in [-0.2, 0) is 14.6 Å². The Balaban J connectivity index is 1.75. The highest BCUT2D eigenvalue weighted by molar-refractivity contribution is 7.91. The lowest BCUT2D eigenvalue weighted by Crippen LogP contribution is -2.23. The molecule has 2 heterocycles. The van der Waals surface area contributed by atoms with Crippen molar-refractivity contribution in [2.75, 3.05) is 18.5 Å². The first kappa shape index (κ1) is 22.4. The van der Waals surface area contributed by atoms with Crippen molar-refractivity contribution in [2.45, 2.75) is 42.4 Å². The highest BCUT2D eigenvalue weighted by Gasteiger charge is 2.34. The van der Waals surface area contributed by atoms with Crippen LogP contribution in [0.15, 0.2) is 63.7 Å². The normalized spacial score (nSPS) is 15.7. The van der Waals surface area contributed by atoms with Crippen LogP contribution in [0.1, 0.15) is 43.0 Å². The number of rotatable bonds is 8. The fourth-order valence-corrected chi connectivity index (χ4v) is 6.67. The third kappa shape index (κ3) is 4.25. The van der Waals surface area contributed by atoms with E-state index in [0.29, 0.717) is 30.4 Å². The van der Waals surface area contributed by atoms with E-state index in [1.165, 1.54) is 11.3 Å². The number of sulfone groups is 1. The lowest BCUT2D eigenvalue weighted by atomic mass is 9.90. The van der Waals surface area contributed by atoms with Crippen molar-refractivity contribution >= 4 is 32.8 Å². The molecule has 2 aromatic carbocycles. The molecule has 1 N–H and O–H groups in total. The summed E-state index contributed by atoms with van der Waals surface area (Å²) in [6, 6.07) is 13.9. The Morgan fingerprint density at radius 2 is 1.84 bits per heavy atom. The number of amides is 1. The van der Waals surface area contributed by atoms with Gasteiger partial charge in [-0.05, 0) is 43.2 Å². The van der Waals surface area contributed by atoms with E-state index in [1.54, 1.807) is 35.7 Å². The number of hydrogen-bond acceptors (Lipinski definition) is 6. The number of benzene rings is 2. The number of hydrogen-bond donors (Lipinski definition) is 1. The first-order chi connectivity index (χ1) is 15.5. The van der Waals surface area contributed by atoms with E-state index >= 15 is 0 Å². The van der Waals surface area contributed by atoms with E-state index in [4.69, 9.17) is 9.47 Å². The molecule has 1 unspecified atom stereocenters. The molecule has 4 rings (SSSR count). The Bertz CT molecular complexity index is 1220. The van der Waals surface area contributed by atoms with Gasteiger partial charge in [-0.3, -0.25) is 4.79 Å². The van der Waals surface area contributed by atoms with E-state index in [0.717, 1.165) is 16.9 Å². The van der Waals surface area contributed by atoms with Gasteiger partial charge in [0.15, 0.2) is 11.5 Å². The number of ether oxygens (including phenoxy) is 2. The summed E-state index contributed by atoms with van der Waals surface area (Å²) in [6.45, 7) is 5.01. The minimum Gasteiger partial charge on any atom is -0.490 e. The van der Waals surface area contributed by atoms with Crippen molar-refractivity contribution in [3.63, 3.8) is 0 Å². The standard InChI is InChI=1S/C24H25NO5S2/c1-3-12-30-19-11-10-16(13-20(19)29-4-2)18-14-22(26)25-23-21(15-31-24(18)23)32(27,28)17-8-6-5-7-9-17/h5-11,13,15,18H,3-4,12,14H2,1-2H3,(H,25,26). The molecule has 32 heavy (non-hydrogen) atoms. The van der Waals surface area contributed by atoms with Gasteiger partial charge in [-0.25, -0.2) is 8.42 Å². The molecule has 8 heteroatoms. The van der Waals surface area contributed by atoms with Crippen molar-refractivity contribution in [3.8, 4) is 11.5 Å². The predicted octanol–water partition coefficient (Wildman–Crippen LogP) is 5.24. The molecule has 6 nitrogen and oxygen atoms in total. The summed E-state index contributed by atoms with van der Waals surface area (Å²) in [6.07, 6.45) is 1.12. The molecule has 1 aromatic heterocycles. The van der Waals surface area contributed by atoms with Crippen molar-refractivity contribution in [1.82, 2.24) is 0 Å². The summed E-state index contributed by atoms with van der Waals surface area (Å²) in [5.74, 6) is 0.814. The van der Waals surface area contributed by atoms with Crippen molar-refractivity contribution in [1.29, 1.82) is 0 Å². The van der Waals surface area contributed by atoms with Crippen LogP contribution in [0.4, 0.5) is 5.69 Å². The molecular formula is C24H25NO5S2. The van der Waals surface area contributed by atoms with E-state index in [9.17, 15) is 13.2 Å². The SMILES string of the molecule is CCCOc1ccc(C2CC(=O)Nc3c(S(=O)(=O)c4ccccc4)csc32)cc1OCC. The molecule has 0 saturated heterocycles. The maximum absolute atomic E-state index is 13.2. The molecule has 0 saturated carbocycles. The predicted molar refractivity (Wildman–Crippen MR) is 125 cm³/mol. The fourth-order valence-electron chi connectivity index (χ4n) is 3.74. The molecule has 1 aliphatic heterocycles. The summed E-state index contributed by atoms with van der Waals surface area (Å²) in [7, 11) is -3.75. The second-order valence-corrected chi connectivity index (χ2v) is 10.3. The molecular weight excluding hydrogens is 446 g/mol. The van der Waals surface area contributed by atoms with E-state index in [2.05, 4.69) is 5.32 Å². The minimum absolute atomic E-state index is 0.134. The van der Waals surface area contributed by atoms with Crippen LogP contribution >= 0.6 is 11.3 Å². The molecule has 0 bridgehead atoms. The number of fused-ring (bicyclic) bond motifs is 1. The van der Waals surface area contributed by atoms with Gasteiger partial charge in [-0.2, -0.15) is 0 Å². The first-order valence-corrected chi connectivity index (χ1v) is 12.9. The van der Waals surface area contributed by atoms with Gasteiger partial charge in [0.1, 0.15) is 4.90 Å². The zero-order valence-electron chi connectivity index (χ0n) is 18.0. The van der Waals surface area contributed by atoms with E-state index in [1.807, 2.05) is 32.0 Å². The van der Waals surface area contributed by atoms with Crippen LogP contribution in [0.25, 0.3) is 0 Å². The summed E-state index contributed by atoms with van der Waals surface area (Å²) < 4.78 is 38.0. The highest BCUT2D eigenvalue weighted by atomic mass is 32.2. The fraction of sp³-hybridized carbons (Fsp3) is 0.292. The molecule has 0 radical (unpaired) electrons. The zero-order valence-corrected chi connectivity index (χ0v) is 19.6. The van der Waals surface area contributed by atoms with Gasteiger partial charge in [0.25, 0.3) is 0 Å². The summed E-state index contributed by atoms with van der Waals surface area (Å²) in [5.41, 5.74) is 1.27. The van der Waals surface area contributed by atoms with Crippen LogP contribution in [0, 0.1) is 0 Å². The summed E-state index contributed by atoms with van der Waals surface area (Å²) in [4.78, 5) is 13.7. The Kier molecular flexibility index (Phi) is 6.53. The lowest BCUT2D eigenvalue weighted by Gasteiger charge is -2.24. The number of carbonyl (C=O) groups is 1. The Hall–Kier alpha value is -2.84. The Labute approximate surface area is 192 Å².